The molecule has 0 amide bonds. The Hall–Kier alpha value is -1.44. The Morgan fingerprint density at radius 3 is 2.63 bits per heavy atom. The minimum absolute atomic E-state index is 0.458. The van der Waals surface area contributed by atoms with Crippen LogP contribution in [0.4, 0.5) is 0 Å². The molecule has 1 atom stereocenters. The van der Waals surface area contributed by atoms with Crippen molar-refractivity contribution in [1.29, 1.82) is 0 Å². The number of hydrogen-bond acceptors (Lipinski definition) is 5. The Kier molecular flexibility index (Phi) is 7.09. The van der Waals surface area contributed by atoms with Gasteiger partial charge in [0.1, 0.15) is 0 Å². The van der Waals surface area contributed by atoms with E-state index in [4.69, 9.17) is 24.5 Å². The molecule has 19 heavy (non-hydrogen) atoms. The predicted molar refractivity (Wildman–Crippen MR) is 70.3 cm³/mol. The van der Waals surface area contributed by atoms with E-state index < -0.39 is 11.9 Å². The first kappa shape index (κ1) is 15.6. The average molecular weight is 287 g/mol. The second kappa shape index (κ2) is 8.63. The van der Waals surface area contributed by atoms with E-state index in [-0.39, 0.29) is 0 Å². The smallest absolute Gasteiger partial charge is 0.414 e. The molecule has 0 aliphatic carbocycles. The molecule has 1 saturated heterocycles. The van der Waals surface area contributed by atoms with Gasteiger partial charge in [-0.15, -0.1) is 11.3 Å². The van der Waals surface area contributed by atoms with E-state index in [1.165, 1.54) is 17.7 Å². The van der Waals surface area contributed by atoms with Crippen LogP contribution in [0.5, 0.6) is 0 Å². The summed E-state index contributed by atoms with van der Waals surface area (Å²) in [5.74, 6) is -3.65. The summed E-state index contributed by atoms with van der Waals surface area (Å²) in [4.78, 5) is 19.6. The van der Waals surface area contributed by atoms with Crippen molar-refractivity contribution >= 4 is 23.3 Å². The lowest BCUT2D eigenvalue weighted by atomic mass is 10.2. The monoisotopic (exact) mass is 287 g/mol. The zero-order valence-corrected chi connectivity index (χ0v) is 11.2. The highest BCUT2D eigenvalue weighted by atomic mass is 32.1. The Bertz CT molecular complexity index is 375. The highest BCUT2D eigenvalue weighted by molar-refractivity contribution is 7.09. The van der Waals surface area contributed by atoms with E-state index in [2.05, 4.69) is 22.8 Å². The molecule has 1 aliphatic heterocycles. The molecular weight excluding hydrogens is 270 g/mol. The molecule has 7 heteroatoms. The fraction of sp³-hybridized carbons (Fsp3) is 0.500. The fourth-order valence-electron chi connectivity index (χ4n) is 1.57. The van der Waals surface area contributed by atoms with Crippen LogP contribution in [-0.2, 0) is 20.9 Å². The third-order valence-corrected chi connectivity index (χ3v) is 3.33. The van der Waals surface area contributed by atoms with Crippen LogP contribution in [0.15, 0.2) is 17.5 Å². The number of nitrogens with one attached hydrogen (secondary N) is 1. The highest BCUT2D eigenvalue weighted by Crippen LogP contribution is 2.11. The van der Waals surface area contributed by atoms with Crippen molar-refractivity contribution in [2.45, 2.75) is 25.5 Å². The van der Waals surface area contributed by atoms with Crippen molar-refractivity contribution in [3.63, 3.8) is 0 Å². The molecule has 1 aliphatic rings. The van der Waals surface area contributed by atoms with Gasteiger partial charge < -0.3 is 20.3 Å². The fourth-order valence-corrected chi connectivity index (χ4v) is 2.25. The minimum Gasteiger partial charge on any atom is -0.473 e. The summed E-state index contributed by atoms with van der Waals surface area (Å²) in [5, 5.41) is 20.3. The topological polar surface area (TPSA) is 95.9 Å². The summed E-state index contributed by atoms with van der Waals surface area (Å²) in [6.45, 7) is 2.93. The molecule has 2 heterocycles. The highest BCUT2D eigenvalue weighted by Gasteiger charge is 2.14. The van der Waals surface area contributed by atoms with Gasteiger partial charge in [0.05, 0.1) is 6.10 Å². The normalized spacial score (nSPS) is 17.6. The number of carbonyl (C=O) groups is 2. The molecule has 3 N–H and O–H groups in total. The lowest BCUT2D eigenvalue weighted by Crippen LogP contribution is -2.25. The maximum absolute atomic E-state index is 9.10. The van der Waals surface area contributed by atoms with Gasteiger partial charge in [0.25, 0.3) is 0 Å². The van der Waals surface area contributed by atoms with E-state index in [0.29, 0.717) is 6.10 Å². The van der Waals surface area contributed by atoms with Crippen molar-refractivity contribution in [3.05, 3.63) is 22.4 Å². The van der Waals surface area contributed by atoms with Gasteiger partial charge in [-0.05, 0) is 24.3 Å². The lowest BCUT2D eigenvalue weighted by molar-refractivity contribution is -0.159. The van der Waals surface area contributed by atoms with Crippen molar-refractivity contribution in [1.82, 2.24) is 5.32 Å². The number of thiophene rings is 1. The summed E-state index contributed by atoms with van der Waals surface area (Å²) in [6, 6.07) is 4.25. The second-order valence-corrected chi connectivity index (χ2v) is 4.99. The maximum Gasteiger partial charge on any atom is 0.414 e. The van der Waals surface area contributed by atoms with Crippen LogP contribution < -0.4 is 5.32 Å². The molecule has 6 nitrogen and oxygen atoms in total. The Morgan fingerprint density at radius 2 is 2.16 bits per heavy atom. The summed E-state index contributed by atoms with van der Waals surface area (Å²) in [5.41, 5.74) is 0. The van der Waals surface area contributed by atoms with E-state index in [1.54, 1.807) is 11.3 Å². The molecular formula is C12H17NO5S. The van der Waals surface area contributed by atoms with Crippen molar-refractivity contribution in [2.75, 3.05) is 13.2 Å². The summed E-state index contributed by atoms with van der Waals surface area (Å²) in [7, 11) is 0. The maximum atomic E-state index is 9.10. The van der Waals surface area contributed by atoms with Crippen molar-refractivity contribution in [3.8, 4) is 0 Å². The second-order valence-electron chi connectivity index (χ2n) is 3.96. The quantitative estimate of drug-likeness (QED) is 0.719. The largest absolute Gasteiger partial charge is 0.473 e. The third-order valence-electron chi connectivity index (χ3n) is 2.46. The molecule has 0 aromatic carbocycles. The lowest BCUT2D eigenvalue weighted by Gasteiger charge is -2.09. The van der Waals surface area contributed by atoms with E-state index in [9.17, 15) is 0 Å². The number of ether oxygens (including phenoxy) is 1. The number of carboxylic acids is 2. The Labute approximate surface area is 115 Å². The zero-order chi connectivity index (χ0) is 14.1. The molecule has 1 unspecified atom stereocenters. The summed E-state index contributed by atoms with van der Waals surface area (Å²) >= 11 is 1.80. The van der Waals surface area contributed by atoms with Gasteiger partial charge in [-0.1, -0.05) is 6.07 Å². The predicted octanol–water partition coefficient (Wildman–Crippen LogP) is 1.17. The van der Waals surface area contributed by atoms with Crippen LogP contribution in [0.1, 0.15) is 17.7 Å². The molecule has 2 rings (SSSR count). The SMILES string of the molecule is O=C(O)C(=O)O.c1csc(CNCC2CCCO2)c1. The standard InChI is InChI=1S/C10H15NOS.C2H2O4/c1-3-9(12-5-1)7-11-8-10-4-2-6-13-10;3-1(4)2(5)6/h2,4,6,9,11H,1,3,5,7-8H2;(H,3,4)(H,5,6). The van der Waals surface area contributed by atoms with Gasteiger partial charge in [0, 0.05) is 24.6 Å². The molecule has 1 fully saturated rings. The minimum atomic E-state index is -1.82. The van der Waals surface area contributed by atoms with Crippen LogP contribution in [0.25, 0.3) is 0 Å². The van der Waals surface area contributed by atoms with Crippen LogP contribution in [-0.4, -0.2) is 41.4 Å². The van der Waals surface area contributed by atoms with Crippen LogP contribution in [0, 0.1) is 0 Å². The number of hydrogen-bond donors (Lipinski definition) is 3. The van der Waals surface area contributed by atoms with Gasteiger partial charge >= 0.3 is 11.9 Å². The first-order valence-electron chi connectivity index (χ1n) is 5.90. The Balaban J connectivity index is 0.000000258. The van der Waals surface area contributed by atoms with Crippen molar-refractivity contribution in [2.24, 2.45) is 0 Å². The van der Waals surface area contributed by atoms with Gasteiger partial charge in [0.15, 0.2) is 0 Å². The first-order valence-corrected chi connectivity index (χ1v) is 6.78. The molecule has 0 saturated carbocycles. The van der Waals surface area contributed by atoms with Crippen LogP contribution >= 0.6 is 11.3 Å². The van der Waals surface area contributed by atoms with Gasteiger partial charge in [0.2, 0.25) is 0 Å². The molecule has 106 valence electrons. The number of aliphatic carboxylic acids is 2. The van der Waals surface area contributed by atoms with Crippen LogP contribution in [0.3, 0.4) is 0 Å². The van der Waals surface area contributed by atoms with Crippen molar-refractivity contribution < 1.29 is 24.5 Å². The van der Waals surface area contributed by atoms with Gasteiger partial charge in [-0.25, -0.2) is 9.59 Å². The van der Waals surface area contributed by atoms with E-state index in [0.717, 1.165) is 19.7 Å². The number of rotatable bonds is 4. The van der Waals surface area contributed by atoms with E-state index >= 15 is 0 Å². The summed E-state index contributed by atoms with van der Waals surface area (Å²) in [6.07, 6.45) is 2.91. The van der Waals surface area contributed by atoms with Crippen LogP contribution in [0.2, 0.25) is 0 Å². The first-order chi connectivity index (χ1) is 9.09. The number of carboxylic acid groups (broad SMARTS) is 2. The van der Waals surface area contributed by atoms with Gasteiger partial charge in [-0.2, -0.15) is 0 Å². The third kappa shape index (κ3) is 6.90. The average Bonchev–Trinajstić information content (AvgIpc) is 3.02. The summed E-state index contributed by atoms with van der Waals surface area (Å²) < 4.78 is 5.51. The van der Waals surface area contributed by atoms with E-state index in [1.807, 2.05) is 0 Å². The van der Waals surface area contributed by atoms with Gasteiger partial charge in [-0.3, -0.25) is 0 Å². The zero-order valence-electron chi connectivity index (χ0n) is 10.4. The molecule has 0 bridgehead atoms. The Morgan fingerprint density at radius 1 is 1.42 bits per heavy atom. The molecule has 1 aromatic heterocycles. The molecule has 1 aromatic rings. The molecule has 0 radical (unpaired) electrons. The molecule has 0 spiro atoms.